The van der Waals surface area contributed by atoms with Crippen LogP contribution in [-0.4, -0.2) is 70.6 Å². The van der Waals surface area contributed by atoms with Crippen molar-refractivity contribution in [1.29, 1.82) is 0 Å². The van der Waals surface area contributed by atoms with E-state index < -0.39 is 0 Å². The number of rotatable bonds is 10. The third-order valence-corrected chi connectivity index (χ3v) is 6.09. The van der Waals surface area contributed by atoms with Crippen molar-refractivity contribution in [3.8, 4) is 11.5 Å². The number of anilines is 1. The van der Waals surface area contributed by atoms with Crippen LogP contribution in [0.1, 0.15) is 24.5 Å². The average molecular weight is 456 g/mol. The second-order valence-electron chi connectivity index (χ2n) is 8.37. The molecule has 178 valence electrons. The van der Waals surface area contributed by atoms with Gasteiger partial charge in [-0.3, -0.25) is 4.90 Å². The van der Waals surface area contributed by atoms with Gasteiger partial charge < -0.3 is 24.8 Å². The number of hydrogen-bond acceptors (Lipinski definition) is 6. The van der Waals surface area contributed by atoms with Gasteiger partial charge in [0.2, 0.25) is 0 Å². The summed E-state index contributed by atoms with van der Waals surface area (Å²) in [6.45, 7) is 8.79. The largest absolute Gasteiger partial charge is 0.497 e. The van der Waals surface area contributed by atoms with E-state index in [1.807, 2.05) is 30.3 Å². The zero-order valence-corrected chi connectivity index (χ0v) is 19.5. The first-order valence-corrected chi connectivity index (χ1v) is 11.8. The van der Waals surface area contributed by atoms with Crippen LogP contribution in [-0.2, 0) is 4.74 Å². The van der Waals surface area contributed by atoms with Gasteiger partial charge in [-0.2, -0.15) is 0 Å². The van der Waals surface area contributed by atoms with Crippen molar-refractivity contribution in [2.24, 2.45) is 0 Å². The van der Waals surface area contributed by atoms with Gasteiger partial charge in [0.05, 0.1) is 38.7 Å². The number of fused-ring (bicyclic) bond motifs is 1. The lowest BCUT2D eigenvalue weighted by molar-refractivity contribution is 0.0384. The Kier molecular flexibility index (Phi) is 8.20. The second kappa shape index (κ2) is 11.5. The molecule has 2 heterocycles. The molecular formula is C26H34FN3O3. The Bertz CT molecular complexity index is 943. The Hall–Kier alpha value is -2.61. The second-order valence-corrected chi connectivity index (χ2v) is 8.37. The van der Waals surface area contributed by atoms with Gasteiger partial charge in [0.25, 0.3) is 0 Å². The Labute approximate surface area is 195 Å². The minimum atomic E-state index is -0.258. The number of ether oxygens (including phenoxy) is 3. The zero-order chi connectivity index (χ0) is 23.0. The van der Waals surface area contributed by atoms with E-state index >= 15 is 0 Å². The summed E-state index contributed by atoms with van der Waals surface area (Å²) in [6, 6.07) is 11.1. The molecule has 1 fully saturated rings. The van der Waals surface area contributed by atoms with E-state index in [1.54, 1.807) is 13.2 Å². The van der Waals surface area contributed by atoms with Crippen LogP contribution in [0, 0.1) is 5.82 Å². The zero-order valence-electron chi connectivity index (χ0n) is 19.5. The Morgan fingerprint density at radius 2 is 1.94 bits per heavy atom. The number of morpholine rings is 1. The van der Waals surface area contributed by atoms with Gasteiger partial charge in [0.1, 0.15) is 17.3 Å². The van der Waals surface area contributed by atoms with E-state index in [1.165, 1.54) is 6.07 Å². The summed E-state index contributed by atoms with van der Waals surface area (Å²) in [4.78, 5) is 2.41. The van der Waals surface area contributed by atoms with E-state index in [2.05, 4.69) is 22.5 Å². The van der Waals surface area contributed by atoms with Gasteiger partial charge >= 0.3 is 0 Å². The van der Waals surface area contributed by atoms with Crippen molar-refractivity contribution in [2.45, 2.75) is 19.4 Å². The number of nitrogens with one attached hydrogen (secondary N) is 2. The monoisotopic (exact) mass is 455 g/mol. The highest BCUT2D eigenvalue weighted by atomic mass is 19.1. The fraction of sp³-hybridized carbons (Fsp3) is 0.462. The average Bonchev–Trinajstić information content (AvgIpc) is 2.87. The molecule has 2 N–H and O–H groups in total. The molecule has 1 atom stereocenters. The van der Waals surface area contributed by atoms with Crippen molar-refractivity contribution < 1.29 is 18.6 Å². The molecule has 0 aromatic heterocycles. The first kappa shape index (κ1) is 23.5. The fourth-order valence-corrected chi connectivity index (χ4v) is 4.24. The van der Waals surface area contributed by atoms with Gasteiger partial charge in [-0.1, -0.05) is 19.1 Å². The SMILES string of the molecule is CCCOc1ccc(F)c2c1NC(CNCCN1CCOCC1)C(c1ccc(OC)cc1)=C2. The molecule has 0 saturated carbocycles. The van der Waals surface area contributed by atoms with Crippen molar-refractivity contribution in [2.75, 3.05) is 65.0 Å². The van der Waals surface area contributed by atoms with Gasteiger partial charge in [-0.15, -0.1) is 0 Å². The molecule has 0 bridgehead atoms. The topological polar surface area (TPSA) is 55.0 Å². The minimum absolute atomic E-state index is 0.0265. The van der Waals surface area contributed by atoms with Crippen LogP contribution < -0.4 is 20.1 Å². The minimum Gasteiger partial charge on any atom is -0.497 e. The maximum Gasteiger partial charge on any atom is 0.143 e. The number of benzene rings is 2. The van der Waals surface area contributed by atoms with Gasteiger partial charge in [0, 0.05) is 38.3 Å². The van der Waals surface area contributed by atoms with Gasteiger partial charge in [0.15, 0.2) is 0 Å². The van der Waals surface area contributed by atoms with Crippen LogP contribution >= 0.6 is 0 Å². The highest BCUT2D eigenvalue weighted by Crippen LogP contribution is 2.40. The summed E-state index contributed by atoms with van der Waals surface area (Å²) in [7, 11) is 1.65. The lowest BCUT2D eigenvalue weighted by atomic mass is 9.91. The summed E-state index contributed by atoms with van der Waals surface area (Å²) in [6.07, 6.45) is 2.85. The van der Waals surface area contributed by atoms with E-state index in [4.69, 9.17) is 14.2 Å². The quantitative estimate of drug-likeness (QED) is 0.531. The first-order chi connectivity index (χ1) is 16.2. The highest BCUT2D eigenvalue weighted by molar-refractivity contribution is 5.94. The van der Waals surface area contributed by atoms with Crippen LogP contribution in [0.25, 0.3) is 11.6 Å². The maximum atomic E-state index is 14.8. The van der Waals surface area contributed by atoms with Crippen LogP contribution in [0.15, 0.2) is 36.4 Å². The molecule has 1 unspecified atom stereocenters. The molecule has 0 aliphatic carbocycles. The van der Waals surface area contributed by atoms with E-state index in [-0.39, 0.29) is 11.9 Å². The first-order valence-electron chi connectivity index (χ1n) is 11.8. The molecule has 6 nitrogen and oxygen atoms in total. The van der Waals surface area contributed by atoms with Crippen molar-refractivity contribution in [3.05, 3.63) is 53.3 Å². The third-order valence-electron chi connectivity index (χ3n) is 6.09. The summed E-state index contributed by atoms with van der Waals surface area (Å²) >= 11 is 0. The predicted molar refractivity (Wildman–Crippen MR) is 131 cm³/mol. The Balaban J connectivity index is 1.55. The maximum absolute atomic E-state index is 14.8. The number of halogens is 1. The van der Waals surface area contributed by atoms with E-state index in [0.717, 1.165) is 68.4 Å². The molecule has 4 rings (SSSR count). The van der Waals surface area contributed by atoms with Crippen molar-refractivity contribution >= 4 is 17.3 Å². The fourth-order valence-electron chi connectivity index (χ4n) is 4.24. The lowest BCUT2D eigenvalue weighted by Crippen LogP contribution is -2.42. The standard InChI is InChI=1S/C26H34FN3O3/c1-3-14-33-25-9-8-23(27)22-17-21(19-4-6-20(31-2)7-5-19)24(29-26(22)25)18-28-10-11-30-12-15-32-16-13-30/h4-9,17,24,28-29H,3,10-16,18H2,1-2H3. The molecule has 0 amide bonds. The summed E-state index contributed by atoms with van der Waals surface area (Å²) in [5, 5.41) is 7.16. The number of nitrogens with zero attached hydrogens (tertiary/aromatic N) is 1. The van der Waals surface area contributed by atoms with Crippen molar-refractivity contribution in [1.82, 2.24) is 10.2 Å². The van der Waals surface area contributed by atoms with Crippen LogP contribution in [0.5, 0.6) is 11.5 Å². The normalized spacial score (nSPS) is 18.3. The van der Waals surface area contributed by atoms with Gasteiger partial charge in [-0.05, 0) is 47.9 Å². The molecule has 7 heteroatoms. The molecule has 1 saturated heterocycles. The lowest BCUT2D eigenvalue weighted by Gasteiger charge is -2.31. The summed E-state index contributed by atoms with van der Waals surface area (Å²) in [5.74, 6) is 1.23. The summed E-state index contributed by atoms with van der Waals surface area (Å²) < 4.78 is 31.5. The smallest absolute Gasteiger partial charge is 0.143 e. The van der Waals surface area contributed by atoms with E-state index in [0.29, 0.717) is 24.5 Å². The molecule has 2 aromatic rings. The van der Waals surface area contributed by atoms with Gasteiger partial charge in [-0.25, -0.2) is 4.39 Å². The van der Waals surface area contributed by atoms with Crippen LogP contribution in [0.3, 0.4) is 0 Å². The number of methoxy groups -OCH3 is 1. The molecular weight excluding hydrogens is 421 g/mol. The molecule has 2 aromatic carbocycles. The molecule has 33 heavy (non-hydrogen) atoms. The summed E-state index contributed by atoms with van der Waals surface area (Å²) in [5.41, 5.74) is 3.34. The van der Waals surface area contributed by atoms with E-state index in [9.17, 15) is 4.39 Å². The molecule has 0 spiro atoms. The van der Waals surface area contributed by atoms with Crippen LogP contribution in [0.4, 0.5) is 10.1 Å². The van der Waals surface area contributed by atoms with Crippen molar-refractivity contribution in [3.63, 3.8) is 0 Å². The van der Waals surface area contributed by atoms with Crippen LogP contribution in [0.2, 0.25) is 0 Å². The number of hydrogen-bond donors (Lipinski definition) is 2. The highest BCUT2D eigenvalue weighted by Gasteiger charge is 2.26. The molecule has 2 aliphatic heterocycles. The third kappa shape index (κ3) is 5.85. The molecule has 0 radical (unpaired) electrons. The Morgan fingerprint density at radius 3 is 2.67 bits per heavy atom. The molecule has 2 aliphatic rings. The Morgan fingerprint density at radius 1 is 1.15 bits per heavy atom. The predicted octanol–water partition coefficient (Wildman–Crippen LogP) is 3.88.